The molecule has 3 fully saturated rings. The molecule has 1 aromatic carbocycles. The SMILES string of the molecule is Cc1ccc(S(=O)(=O)O[C@@H]2[C@@H]3OC[C@@H](O3)[C@H]3O[C@@H]23)cc1. The van der Waals surface area contributed by atoms with Crippen molar-refractivity contribution in [1.82, 2.24) is 0 Å². The van der Waals surface area contributed by atoms with Gasteiger partial charge in [0, 0.05) is 0 Å². The van der Waals surface area contributed by atoms with Gasteiger partial charge < -0.3 is 14.2 Å². The van der Waals surface area contributed by atoms with Crippen LogP contribution in [0.1, 0.15) is 5.56 Å². The highest BCUT2D eigenvalue weighted by atomic mass is 32.2. The van der Waals surface area contributed by atoms with Gasteiger partial charge in [0.1, 0.15) is 18.3 Å². The minimum absolute atomic E-state index is 0.0908. The standard InChI is InChI=1S/C13H14O6S/c1-7-2-4-8(5-3-7)20(14,15)19-12-11-10(18-11)9-6-16-13(12)17-9/h2-5,9-13H,6H2,1H3/t9-,10-,11-,12+,13-/m1/s1. The average molecular weight is 298 g/mol. The maximum absolute atomic E-state index is 12.3. The van der Waals surface area contributed by atoms with Crippen molar-refractivity contribution < 1.29 is 26.8 Å². The number of hydrogen-bond donors (Lipinski definition) is 0. The third-order valence-electron chi connectivity index (χ3n) is 3.80. The molecular formula is C13H14O6S. The summed E-state index contributed by atoms with van der Waals surface area (Å²) < 4.78 is 46.2. The van der Waals surface area contributed by atoms with Crippen LogP contribution in [0.2, 0.25) is 0 Å². The van der Waals surface area contributed by atoms with Crippen molar-refractivity contribution in [2.75, 3.05) is 6.61 Å². The van der Waals surface area contributed by atoms with Crippen molar-refractivity contribution in [2.45, 2.75) is 42.5 Å². The Hall–Kier alpha value is -0.990. The highest BCUT2D eigenvalue weighted by Gasteiger charge is 2.63. The molecule has 6 nitrogen and oxygen atoms in total. The van der Waals surface area contributed by atoms with E-state index in [1.165, 1.54) is 12.1 Å². The molecule has 1 aromatic rings. The first-order chi connectivity index (χ1) is 9.54. The number of hydrogen-bond acceptors (Lipinski definition) is 6. The van der Waals surface area contributed by atoms with Gasteiger partial charge in [-0.25, -0.2) is 0 Å². The fourth-order valence-corrected chi connectivity index (χ4v) is 3.72. The molecule has 0 aromatic heterocycles. The van der Waals surface area contributed by atoms with E-state index in [9.17, 15) is 8.42 Å². The van der Waals surface area contributed by atoms with Crippen LogP contribution < -0.4 is 0 Å². The fourth-order valence-electron chi connectivity index (χ4n) is 2.65. The average Bonchev–Trinajstić information content (AvgIpc) is 3.09. The number of ether oxygens (including phenoxy) is 3. The third kappa shape index (κ3) is 1.97. The van der Waals surface area contributed by atoms with E-state index in [1.54, 1.807) is 12.1 Å². The van der Waals surface area contributed by atoms with Gasteiger partial charge in [0.2, 0.25) is 0 Å². The normalized spacial score (nSPS) is 38.5. The summed E-state index contributed by atoms with van der Waals surface area (Å²) in [4.78, 5) is 0.125. The van der Waals surface area contributed by atoms with Gasteiger partial charge in [0.05, 0.1) is 11.5 Å². The molecule has 0 unspecified atom stereocenters. The highest BCUT2D eigenvalue weighted by Crippen LogP contribution is 2.43. The van der Waals surface area contributed by atoms with Crippen LogP contribution in [0.3, 0.4) is 0 Å². The molecule has 2 bridgehead atoms. The van der Waals surface area contributed by atoms with Crippen LogP contribution in [0.15, 0.2) is 29.2 Å². The van der Waals surface area contributed by atoms with Gasteiger partial charge in [0.15, 0.2) is 12.4 Å². The second-order valence-electron chi connectivity index (χ2n) is 5.27. The zero-order valence-corrected chi connectivity index (χ0v) is 11.6. The van der Waals surface area contributed by atoms with Gasteiger partial charge >= 0.3 is 0 Å². The van der Waals surface area contributed by atoms with E-state index < -0.39 is 22.5 Å². The first-order valence-corrected chi connectivity index (χ1v) is 7.88. The summed E-state index contributed by atoms with van der Waals surface area (Å²) in [6.45, 7) is 2.32. The van der Waals surface area contributed by atoms with Crippen molar-refractivity contribution in [3.05, 3.63) is 29.8 Å². The van der Waals surface area contributed by atoms with Crippen LogP contribution in [-0.2, 0) is 28.5 Å². The summed E-state index contributed by atoms with van der Waals surface area (Å²) in [5.41, 5.74) is 0.984. The second kappa shape index (κ2) is 4.25. The quantitative estimate of drug-likeness (QED) is 0.600. The largest absolute Gasteiger partial charge is 0.364 e. The molecule has 3 saturated heterocycles. The maximum Gasteiger partial charge on any atom is 0.297 e. The first kappa shape index (κ1) is 12.7. The Kier molecular flexibility index (Phi) is 2.71. The molecule has 0 saturated carbocycles. The molecule has 7 heteroatoms. The predicted molar refractivity (Wildman–Crippen MR) is 66.5 cm³/mol. The minimum Gasteiger partial charge on any atom is -0.364 e. The molecule has 3 heterocycles. The molecule has 0 N–H and O–H groups in total. The second-order valence-corrected chi connectivity index (χ2v) is 6.84. The van der Waals surface area contributed by atoms with Gasteiger partial charge in [-0.05, 0) is 19.1 Å². The molecule has 108 valence electrons. The van der Waals surface area contributed by atoms with Crippen LogP contribution in [0.4, 0.5) is 0 Å². The summed E-state index contributed by atoms with van der Waals surface area (Å²) in [5.74, 6) is 0. The Bertz CT molecular complexity index is 625. The zero-order valence-electron chi connectivity index (χ0n) is 10.8. The van der Waals surface area contributed by atoms with E-state index in [-0.39, 0.29) is 23.2 Å². The monoisotopic (exact) mass is 298 g/mol. The van der Waals surface area contributed by atoms with E-state index in [0.717, 1.165) is 5.56 Å². The van der Waals surface area contributed by atoms with Gasteiger partial charge in [0.25, 0.3) is 10.1 Å². The Morgan fingerprint density at radius 1 is 1.15 bits per heavy atom. The number of epoxide rings is 1. The molecule has 0 amide bonds. The lowest BCUT2D eigenvalue weighted by molar-refractivity contribution is -0.133. The Morgan fingerprint density at radius 2 is 1.90 bits per heavy atom. The topological polar surface area (TPSA) is 74.4 Å². The van der Waals surface area contributed by atoms with Gasteiger partial charge in [-0.2, -0.15) is 8.42 Å². The number of benzene rings is 1. The Morgan fingerprint density at radius 3 is 2.65 bits per heavy atom. The summed E-state index contributed by atoms with van der Waals surface area (Å²) in [5, 5.41) is 0. The van der Waals surface area contributed by atoms with E-state index in [1.807, 2.05) is 6.92 Å². The number of aryl methyl sites for hydroxylation is 1. The first-order valence-electron chi connectivity index (χ1n) is 6.47. The van der Waals surface area contributed by atoms with Gasteiger partial charge in [-0.15, -0.1) is 0 Å². The number of fused-ring (bicyclic) bond motifs is 4. The lowest BCUT2D eigenvalue weighted by Gasteiger charge is -2.23. The highest BCUT2D eigenvalue weighted by molar-refractivity contribution is 7.86. The summed E-state index contributed by atoms with van der Waals surface area (Å²) in [6.07, 6.45) is -1.84. The number of rotatable bonds is 3. The van der Waals surface area contributed by atoms with Crippen molar-refractivity contribution in [3.63, 3.8) is 0 Å². The molecule has 3 aliphatic heterocycles. The lowest BCUT2D eigenvalue weighted by Crippen LogP contribution is -2.42. The van der Waals surface area contributed by atoms with E-state index in [4.69, 9.17) is 18.4 Å². The Labute approximate surface area is 116 Å². The van der Waals surface area contributed by atoms with Crippen LogP contribution in [0, 0.1) is 6.92 Å². The molecular weight excluding hydrogens is 284 g/mol. The van der Waals surface area contributed by atoms with Crippen LogP contribution in [-0.4, -0.2) is 45.7 Å². The van der Waals surface area contributed by atoms with Crippen molar-refractivity contribution >= 4 is 10.1 Å². The maximum atomic E-state index is 12.3. The van der Waals surface area contributed by atoms with Crippen LogP contribution >= 0.6 is 0 Å². The van der Waals surface area contributed by atoms with Crippen molar-refractivity contribution in [3.8, 4) is 0 Å². The molecule has 0 radical (unpaired) electrons. The molecule has 0 aliphatic carbocycles. The van der Waals surface area contributed by atoms with E-state index in [0.29, 0.717) is 6.61 Å². The van der Waals surface area contributed by atoms with E-state index >= 15 is 0 Å². The van der Waals surface area contributed by atoms with Crippen molar-refractivity contribution in [1.29, 1.82) is 0 Å². The molecule has 3 aliphatic rings. The Balaban J connectivity index is 1.57. The summed E-state index contributed by atoms with van der Waals surface area (Å²) in [6, 6.07) is 6.51. The predicted octanol–water partition coefficient (Wildman–Crippen LogP) is 0.591. The van der Waals surface area contributed by atoms with Gasteiger partial charge in [-0.1, -0.05) is 17.7 Å². The zero-order chi connectivity index (χ0) is 13.9. The smallest absolute Gasteiger partial charge is 0.297 e. The minimum atomic E-state index is -3.85. The van der Waals surface area contributed by atoms with Crippen molar-refractivity contribution in [2.24, 2.45) is 0 Å². The van der Waals surface area contributed by atoms with Gasteiger partial charge in [-0.3, -0.25) is 4.18 Å². The third-order valence-corrected chi connectivity index (χ3v) is 5.13. The molecule has 5 atom stereocenters. The summed E-state index contributed by atoms with van der Waals surface area (Å²) in [7, 11) is -3.85. The molecule has 0 spiro atoms. The van der Waals surface area contributed by atoms with Crippen LogP contribution in [0.5, 0.6) is 0 Å². The van der Waals surface area contributed by atoms with Crippen LogP contribution in [0.25, 0.3) is 0 Å². The molecule has 4 rings (SSSR count). The summed E-state index contributed by atoms with van der Waals surface area (Å²) >= 11 is 0. The van der Waals surface area contributed by atoms with E-state index in [2.05, 4.69) is 0 Å². The molecule has 20 heavy (non-hydrogen) atoms. The lowest BCUT2D eigenvalue weighted by atomic mass is 10.1. The fraction of sp³-hybridized carbons (Fsp3) is 0.538.